The Morgan fingerprint density at radius 3 is 2.24 bits per heavy atom. The molecule has 0 bridgehead atoms. The van der Waals surface area contributed by atoms with Gasteiger partial charge in [0.25, 0.3) is 5.69 Å². The van der Waals surface area contributed by atoms with Gasteiger partial charge in [0.15, 0.2) is 8.32 Å². The first-order valence-corrected chi connectivity index (χ1v) is 12.4. The summed E-state index contributed by atoms with van der Waals surface area (Å²) in [5, 5.41) is 31.8. The molecular formula is C19H31NO8Si. The summed E-state index contributed by atoms with van der Waals surface area (Å²) in [7, 11) is -0.694. The van der Waals surface area contributed by atoms with Gasteiger partial charge in [-0.3, -0.25) is 10.1 Å². The Morgan fingerprint density at radius 2 is 1.76 bits per heavy atom. The lowest BCUT2D eigenvalue weighted by molar-refractivity contribution is -0.384. The lowest BCUT2D eigenvalue weighted by atomic mass is 9.99. The molecular weight excluding hydrogens is 398 g/mol. The molecule has 10 heteroatoms. The first kappa shape index (κ1) is 23.7. The van der Waals surface area contributed by atoms with Crippen molar-refractivity contribution in [2.24, 2.45) is 0 Å². The average molecular weight is 430 g/mol. The van der Waals surface area contributed by atoms with Crippen molar-refractivity contribution in [3.8, 4) is 5.75 Å². The molecule has 2 rings (SSSR count). The lowest BCUT2D eigenvalue weighted by Gasteiger charge is -2.43. The van der Waals surface area contributed by atoms with Crippen LogP contribution in [0.15, 0.2) is 24.3 Å². The number of benzene rings is 1. The van der Waals surface area contributed by atoms with Gasteiger partial charge in [-0.25, -0.2) is 0 Å². The minimum Gasteiger partial charge on any atom is -0.462 e. The van der Waals surface area contributed by atoms with Gasteiger partial charge >= 0.3 is 0 Å². The van der Waals surface area contributed by atoms with Crippen LogP contribution < -0.4 is 4.74 Å². The van der Waals surface area contributed by atoms with Crippen molar-refractivity contribution in [2.75, 3.05) is 13.7 Å². The number of hydrogen-bond acceptors (Lipinski definition) is 8. The molecule has 1 aliphatic heterocycles. The molecule has 164 valence electrons. The average Bonchev–Trinajstić information content (AvgIpc) is 2.63. The summed E-state index contributed by atoms with van der Waals surface area (Å²) >= 11 is 0. The van der Waals surface area contributed by atoms with E-state index in [0.717, 1.165) is 0 Å². The number of aliphatic hydroxyl groups is 2. The van der Waals surface area contributed by atoms with Crippen molar-refractivity contribution in [2.45, 2.75) is 69.6 Å². The Balaban J connectivity index is 2.13. The number of aliphatic hydroxyl groups excluding tert-OH is 2. The van der Waals surface area contributed by atoms with Crippen LogP contribution in [-0.4, -0.2) is 67.9 Å². The van der Waals surface area contributed by atoms with Crippen LogP contribution in [-0.2, 0) is 13.9 Å². The normalized spacial score (nSPS) is 28.2. The third-order valence-electron chi connectivity index (χ3n) is 5.63. The smallest absolute Gasteiger partial charge is 0.269 e. The Kier molecular flexibility index (Phi) is 7.41. The Labute approximate surface area is 171 Å². The van der Waals surface area contributed by atoms with E-state index in [1.165, 1.54) is 31.4 Å². The topological polar surface area (TPSA) is 121 Å². The highest BCUT2D eigenvalue weighted by Crippen LogP contribution is 2.37. The molecule has 2 N–H and O–H groups in total. The number of hydrogen-bond donors (Lipinski definition) is 2. The largest absolute Gasteiger partial charge is 0.462 e. The predicted molar refractivity (Wildman–Crippen MR) is 108 cm³/mol. The first-order valence-electron chi connectivity index (χ1n) is 9.47. The minimum absolute atomic E-state index is 0.0125. The van der Waals surface area contributed by atoms with Gasteiger partial charge in [-0.15, -0.1) is 0 Å². The maximum absolute atomic E-state index is 10.8. The van der Waals surface area contributed by atoms with E-state index in [0.29, 0.717) is 0 Å². The molecule has 0 saturated carbocycles. The van der Waals surface area contributed by atoms with Gasteiger partial charge in [-0.1, -0.05) is 20.8 Å². The Hall–Kier alpha value is -1.56. The molecule has 0 unspecified atom stereocenters. The molecule has 9 nitrogen and oxygen atoms in total. The molecule has 1 heterocycles. The summed E-state index contributed by atoms with van der Waals surface area (Å²) < 4.78 is 22.9. The highest BCUT2D eigenvalue weighted by atomic mass is 28.4. The summed E-state index contributed by atoms with van der Waals surface area (Å²) in [5.74, 6) is 0.287. The van der Waals surface area contributed by atoms with E-state index in [4.69, 9.17) is 18.6 Å². The minimum atomic E-state index is -2.08. The van der Waals surface area contributed by atoms with Crippen LogP contribution >= 0.6 is 0 Å². The molecule has 0 radical (unpaired) electrons. The van der Waals surface area contributed by atoms with Crippen molar-refractivity contribution in [1.82, 2.24) is 0 Å². The molecule has 1 saturated heterocycles. The maximum Gasteiger partial charge on any atom is 0.269 e. The zero-order valence-electron chi connectivity index (χ0n) is 17.7. The molecule has 0 amide bonds. The van der Waals surface area contributed by atoms with Crippen molar-refractivity contribution >= 4 is 14.0 Å². The van der Waals surface area contributed by atoms with Crippen molar-refractivity contribution in [3.63, 3.8) is 0 Å². The van der Waals surface area contributed by atoms with E-state index < -0.39 is 43.9 Å². The van der Waals surface area contributed by atoms with Gasteiger partial charge in [0, 0.05) is 19.2 Å². The Bertz CT molecular complexity index is 690. The molecule has 1 fully saturated rings. The fourth-order valence-corrected chi connectivity index (χ4v) is 3.72. The fourth-order valence-electron chi connectivity index (χ4n) is 2.70. The number of nitro benzene ring substituents is 1. The monoisotopic (exact) mass is 429 g/mol. The van der Waals surface area contributed by atoms with E-state index in [1.54, 1.807) is 0 Å². The second kappa shape index (κ2) is 9.07. The summed E-state index contributed by atoms with van der Waals surface area (Å²) in [5.41, 5.74) is -0.0756. The number of ether oxygens (including phenoxy) is 3. The van der Waals surface area contributed by atoms with Gasteiger partial charge in [0.1, 0.15) is 30.2 Å². The molecule has 1 aromatic carbocycles. The van der Waals surface area contributed by atoms with Crippen LogP contribution in [0.3, 0.4) is 0 Å². The zero-order chi connectivity index (χ0) is 22.0. The number of nitro groups is 1. The van der Waals surface area contributed by atoms with Crippen molar-refractivity contribution in [3.05, 3.63) is 34.4 Å². The standard InChI is InChI=1S/C19H31NO8Si/c1-19(2,3)29(5,6)26-11-14-15(21)17(25-4)16(22)18(28-14)27-13-9-7-12(8-10-13)20(23)24/h7-10,14-18,21-22H,11H2,1-6H3/t14-,15+,16-,17+,18+/m1/s1. The van der Waals surface area contributed by atoms with Crippen LogP contribution in [0.1, 0.15) is 20.8 Å². The molecule has 5 atom stereocenters. The Morgan fingerprint density at radius 1 is 1.17 bits per heavy atom. The molecule has 1 aliphatic rings. The van der Waals surface area contributed by atoms with E-state index in [-0.39, 0.29) is 23.1 Å². The number of nitrogens with zero attached hydrogens (tertiary/aromatic N) is 1. The summed E-state index contributed by atoms with van der Waals surface area (Å²) in [6.45, 7) is 10.6. The third-order valence-corrected chi connectivity index (χ3v) is 10.1. The zero-order valence-corrected chi connectivity index (χ0v) is 18.7. The maximum atomic E-state index is 10.8. The van der Waals surface area contributed by atoms with Gasteiger partial charge in [0.2, 0.25) is 6.29 Å². The van der Waals surface area contributed by atoms with Gasteiger partial charge in [-0.2, -0.15) is 0 Å². The third kappa shape index (κ3) is 5.53. The lowest BCUT2D eigenvalue weighted by Crippen LogP contribution is -2.61. The van der Waals surface area contributed by atoms with Crippen LogP contribution in [0.4, 0.5) is 5.69 Å². The van der Waals surface area contributed by atoms with Crippen LogP contribution in [0.25, 0.3) is 0 Å². The summed E-state index contributed by atoms with van der Waals surface area (Å²) in [6, 6.07) is 5.43. The van der Waals surface area contributed by atoms with Crippen molar-refractivity contribution in [1.29, 1.82) is 0 Å². The predicted octanol–water partition coefficient (Wildman–Crippen LogP) is 2.46. The van der Waals surface area contributed by atoms with Crippen LogP contribution in [0.2, 0.25) is 18.1 Å². The number of non-ortho nitro benzene ring substituents is 1. The quantitative estimate of drug-likeness (QED) is 0.385. The van der Waals surface area contributed by atoms with E-state index in [1.807, 2.05) is 0 Å². The summed E-state index contributed by atoms with van der Waals surface area (Å²) in [6.07, 6.45) is -5.18. The van der Waals surface area contributed by atoms with E-state index >= 15 is 0 Å². The van der Waals surface area contributed by atoms with E-state index in [2.05, 4.69) is 33.9 Å². The second-order valence-electron chi connectivity index (χ2n) is 8.66. The molecule has 29 heavy (non-hydrogen) atoms. The molecule has 0 aliphatic carbocycles. The number of methoxy groups -OCH3 is 1. The SMILES string of the molecule is CO[C@H]1[C@@H](O)[C@@H](CO[Si](C)(C)C(C)(C)C)O[C@H](Oc2ccc([N+](=O)[O-])cc2)[C@@H]1O. The molecule has 0 spiro atoms. The molecule has 0 aromatic heterocycles. The first-order chi connectivity index (χ1) is 13.4. The van der Waals surface area contributed by atoms with Crippen LogP contribution in [0.5, 0.6) is 5.75 Å². The van der Waals surface area contributed by atoms with Crippen molar-refractivity contribution < 1.29 is 33.8 Å². The van der Waals surface area contributed by atoms with E-state index in [9.17, 15) is 20.3 Å². The highest BCUT2D eigenvalue weighted by molar-refractivity contribution is 6.74. The highest BCUT2D eigenvalue weighted by Gasteiger charge is 2.47. The summed E-state index contributed by atoms with van der Waals surface area (Å²) in [4.78, 5) is 10.3. The van der Waals surface area contributed by atoms with Gasteiger partial charge in [-0.05, 0) is 30.3 Å². The second-order valence-corrected chi connectivity index (χ2v) is 13.5. The molecule has 1 aromatic rings. The number of rotatable bonds is 7. The van der Waals surface area contributed by atoms with Crippen LogP contribution in [0, 0.1) is 10.1 Å². The van der Waals surface area contributed by atoms with Gasteiger partial charge in [0.05, 0.1) is 11.5 Å². The fraction of sp³-hybridized carbons (Fsp3) is 0.684. The van der Waals surface area contributed by atoms with Gasteiger partial charge < -0.3 is 28.8 Å².